The zero-order valence-corrected chi connectivity index (χ0v) is 25.1. The van der Waals surface area contributed by atoms with Crippen LogP contribution in [0.3, 0.4) is 0 Å². The van der Waals surface area contributed by atoms with E-state index in [9.17, 15) is 24.0 Å². The molecule has 0 saturated heterocycles. The highest BCUT2D eigenvalue weighted by Gasteiger charge is 2.20. The lowest BCUT2D eigenvalue weighted by Crippen LogP contribution is -2.43. The topological polar surface area (TPSA) is 217 Å². The van der Waals surface area contributed by atoms with Crippen LogP contribution in [-0.2, 0) is 52.4 Å². The first kappa shape index (κ1) is 40.1. The minimum absolute atomic E-state index is 0.0440. The molecule has 16 nitrogen and oxygen atoms in total. The zero-order valence-electron chi connectivity index (χ0n) is 25.1. The Balaban J connectivity index is 4.31. The van der Waals surface area contributed by atoms with Gasteiger partial charge in [0.15, 0.2) is 0 Å². The number of hydrogen-bond donors (Lipinski definition) is 5. The highest BCUT2D eigenvalue weighted by Crippen LogP contribution is 2.01. The number of aliphatic carboxylic acids is 2. The lowest BCUT2D eigenvalue weighted by molar-refractivity contribution is -0.138. The molecule has 0 heterocycles. The number of carbonyl (C=O) groups excluding carboxylic acids is 3. The minimum Gasteiger partial charge on any atom is -0.481 e. The van der Waals surface area contributed by atoms with Gasteiger partial charge < -0.3 is 54.6 Å². The molecule has 43 heavy (non-hydrogen) atoms. The predicted molar refractivity (Wildman–Crippen MR) is 152 cm³/mol. The van der Waals surface area contributed by atoms with Gasteiger partial charge in [-0.3, -0.25) is 24.0 Å². The fraction of sp³-hybridized carbons (Fsp3) is 0.815. The van der Waals surface area contributed by atoms with Crippen molar-refractivity contribution in [3.8, 4) is 0 Å². The second kappa shape index (κ2) is 29.2. The van der Waals surface area contributed by atoms with Crippen LogP contribution in [0.1, 0.15) is 44.9 Å². The summed E-state index contributed by atoms with van der Waals surface area (Å²) in [6.07, 6.45) is 0.749. The molecule has 5 N–H and O–H groups in total. The van der Waals surface area contributed by atoms with Gasteiger partial charge in [0.05, 0.1) is 59.5 Å². The van der Waals surface area contributed by atoms with Gasteiger partial charge in [-0.15, -0.1) is 0 Å². The average molecular weight is 624 g/mol. The van der Waals surface area contributed by atoms with Crippen molar-refractivity contribution in [1.29, 1.82) is 0 Å². The summed E-state index contributed by atoms with van der Waals surface area (Å²) in [4.78, 5) is 58.1. The van der Waals surface area contributed by atoms with E-state index in [1.165, 1.54) is 0 Å². The third kappa shape index (κ3) is 30.4. The maximum atomic E-state index is 12.4. The molecule has 250 valence electrons. The first-order valence-corrected chi connectivity index (χ1v) is 14.4. The van der Waals surface area contributed by atoms with Crippen molar-refractivity contribution in [3.05, 3.63) is 0 Å². The number of ether oxygens (including phenoxy) is 6. The number of methoxy groups -OCH3 is 1. The molecule has 0 fully saturated rings. The second-order valence-corrected chi connectivity index (χ2v) is 9.17. The van der Waals surface area contributed by atoms with Crippen LogP contribution in [0.2, 0.25) is 0 Å². The Hall–Kier alpha value is -2.89. The van der Waals surface area contributed by atoms with Gasteiger partial charge in [-0.2, -0.15) is 0 Å². The van der Waals surface area contributed by atoms with Crippen LogP contribution in [-0.4, -0.2) is 139 Å². The van der Waals surface area contributed by atoms with Gasteiger partial charge in [-0.1, -0.05) is 0 Å². The molecule has 0 aromatic carbocycles. The highest BCUT2D eigenvalue weighted by atomic mass is 16.5. The van der Waals surface area contributed by atoms with E-state index in [0.717, 1.165) is 0 Å². The Bertz CT molecular complexity index is 722. The number of amides is 3. The number of hydrogen-bond acceptors (Lipinski definition) is 11. The summed E-state index contributed by atoms with van der Waals surface area (Å²) >= 11 is 0. The van der Waals surface area contributed by atoms with Gasteiger partial charge >= 0.3 is 11.9 Å². The van der Waals surface area contributed by atoms with Gasteiger partial charge in [0.1, 0.15) is 0 Å². The van der Waals surface area contributed by atoms with Crippen LogP contribution >= 0.6 is 0 Å². The molecule has 0 aliphatic carbocycles. The Morgan fingerprint density at radius 1 is 0.535 bits per heavy atom. The van der Waals surface area contributed by atoms with E-state index in [4.69, 9.17) is 38.6 Å². The lowest BCUT2D eigenvalue weighted by atomic mass is 10.1. The van der Waals surface area contributed by atoms with Crippen molar-refractivity contribution in [1.82, 2.24) is 16.0 Å². The van der Waals surface area contributed by atoms with E-state index in [1.54, 1.807) is 7.11 Å². The van der Waals surface area contributed by atoms with Crippen molar-refractivity contribution in [3.63, 3.8) is 0 Å². The van der Waals surface area contributed by atoms with E-state index >= 15 is 0 Å². The smallest absolute Gasteiger partial charge is 0.303 e. The molecule has 0 spiro atoms. The van der Waals surface area contributed by atoms with Crippen molar-refractivity contribution < 1.29 is 62.6 Å². The van der Waals surface area contributed by atoms with Crippen LogP contribution in [0, 0.1) is 0 Å². The molecule has 0 aliphatic rings. The maximum absolute atomic E-state index is 12.4. The SMILES string of the molecule is COCCOCCC(=O)NC(CC(=O)NCCOCCOCCCC(=O)O)CC(=O)NCCOCCOCCCC(=O)O. The van der Waals surface area contributed by atoms with Gasteiger partial charge in [0, 0.05) is 71.6 Å². The predicted octanol–water partition coefficient (Wildman–Crippen LogP) is -0.667. The summed E-state index contributed by atoms with van der Waals surface area (Å²) in [6.45, 7) is 3.65. The van der Waals surface area contributed by atoms with Crippen molar-refractivity contribution in [2.45, 2.75) is 51.0 Å². The van der Waals surface area contributed by atoms with Crippen LogP contribution < -0.4 is 16.0 Å². The van der Waals surface area contributed by atoms with E-state index in [-0.39, 0.29) is 95.9 Å². The summed E-state index contributed by atoms with van der Waals surface area (Å²) in [7, 11) is 1.54. The number of carboxylic acid groups (broad SMARTS) is 2. The van der Waals surface area contributed by atoms with E-state index in [0.29, 0.717) is 52.5 Å². The summed E-state index contributed by atoms with van der Waals surface area (Å²) < 4.78 is 31.4. The van der Waals surface area contributed by atoms with Crippen LogP contribution in [0.15, 0.2) is 0 Å². The Morgan fingerprint density at radius 3 is 1.40 bits per heavy atom. The van der Waals surface area contributed by atoms with E-state index in [1.807, 2.05) is 0 Å². The molecule has 3 amide bonds. The molecule has 0 atom stereocenters. The standard InChI is InChI=1S/C27H49N3O13/c1-38-14-15-41-11-6-23(31)30-22(20-24(32)28-7-12-42-18-16-39-9-2-4-26(34)35)21-25(33)29-8-13-43-19-17-40-10-3-5-27(36)37/h22H,2-21H2,1H3,(H,28,32)(H,29,33)(H,30,31)(H,34,35)(H,36,37). The minimum atomic E-state index is -0.874. The molecule has 0 saturated carbocycles. The molecule has 0 aromatic rings. The largest absolute Gasteiger partial charge is 0.481 e. The summed E-state index contributed by atoms with van der Waals surface area (Å²) in [5.41, 5.74) is 0. The Morgan fingerprint density at radius 2 is 0.953 bits per heavy atom. The third-order valence-corrected chi connectivity index (χ3v) is 5.37. The molecular formula is C27H49N3O13. The summed E-state index contributed by atoms with van der Waals surface area (Å²) in [5.74, 6) is -2.84. The number of carboxylic acids is 2. The van der Waals surface area contributed by atoms with Gasteiger partial charge in [-0.25, -0.2) is 0 Å². The average Bonchev–Trinajstić information content (AvgIpc) is 2.94. The molecule has 0 radical (unpaired) electrons. The first-order valence-electron chi connectivity index (χ1n) is 14.4. The highest BCUT2D eigenvalue weighted by molar-refractivity contribution is 5.83. The third-order valence-electron chi connectivity index (χ3n) is 5.37. The normalized spacial score (nSPS) is 10.9. The molecule has 0 aromatic heterocycles. The van der Waals surface area contributed by atoms with Gasteiger partial charge in [0.25, 0.3) is 0 Å². The van der Waals surface area contributed by atoms with Crippen molar-refractivity contribution >= 4 is 29.7 Å². The Kier molecular flexibility index (Phi) is 27.2. The van der Waals surface area contributed by atoms with Crippen molar-refractivity contribution in [2.24, 2.45) is 0 Å². The van der Waals surface area contributed by atoms with E-state index in [2.05, 4.69) is 16.0 Å². The van der Waals surface area contributed by atoms with Gasteiger partial charge in [0.2, 0.25) is 17.7 Å². The first-order chi connectivity index (χ1) is 20.7. The number of rotatable bonds is 31. The monoisotopic (exact) mass is 623 g/mol. The molecule has 0 rings (SSSR count). The zero-order chi connectivity index (χ0) is 32.0. The molecular weight excluding hydrogens is 574 g/mol. The summed E-state index contributed by atoms with van der Waals surface area (Å²) in [6, 6.07) is -0.744. The van der Waals surface area contributed by atoms with E-state index < -0.39 is 18.0 Å². The number of nitrogens with one attached hydrogen (secondary N) is 3. The molecule has 0 unspecified atom stereocenters. The second-order valence-electron chi connectivity index (χ2n) is 9.17. The fourth-order valence-corrected chi connectivity index (χ4v) is 3.30. The lowest BCUT2D eigenvalue weighted by Gasteiger charge is -2.18. The molecule has 16 heteroatoms. The van der Waals surface area contributed by atoms with Crippen LogP contribution in [0.25, 0.3) is 0 Å². The molecule has 0 bridgehead atoms. The van der Waals surface area contributed by atoms with Gasteiger partial charge in [-0.05, 0) is 12.8 Å². The van der Waals surface area contributed by atoms with Crippen molar-refractivity contribution in [2.75, 3.05) is 92.9 Å². The Labute approximate surface area is 252 Å². The summed E-state index contributed by atoms with van der Waals surface area (Å²) in [5, 5.41) is 25.2. The number of carbonyl (C=O) groups is 5. The maximum Gasteiger partial charge on any atom is 0.303 e. The quantitative estimate of drug-likeness (QED) is 0.0606. The fourth-order valence-electron chi connectivity index (χ4n) is 3.30. The van der Waals surface area contributed by atoms with Crippen LogP contribution in [0.5, 0.6) is 0 Å². The van der Waals surface area contributed by atoms with Crippen LogP contribution in [0.4, 0.5) is 0 Å². The molecule has 0 aliphatic heterocycles.